The number of likely N-dealkylation sites (N-methyl/N-ethyl adjacent to an activating group) is 1. The molecule has 116 valence electrons. The SMILES string of the molecule is CC(c1ccc(Cl)cc1Cl)N(C)C(=O)C(N)CCC(=O)O. The van der Waals surface area contributed by atoms with E-state index in [1.807, 2.05) is 6.92 Å². The number of hydrogen-bond donors (Lipinski definition) is 2. The quantitative estimate of drug-likeness (QED) is 0.838. The van der Waals surface area contributed by atoms with Gasteiger partial charge < -0.3 is 15.7 Å². The van der Waals surface area contributed by atoms with Crippen molar-refractivity contribution >= 4 is 35.1 Å². The molecule has 3 N–H and O–H groups in total. The highest BCUT2D eigenvalue weighted by Crippen LogP contribution is 2.29. The zero-order chi connectivity index (χ0) is 16.2. The molecule has 0 fully saturated rings. The Morgan fingerprint density at radius 3 is 2.52 bits per heavy atom. The summed E-state index contributed by atoms with van der Waals surface area (Å²) in [7, 11) is 1.61. The summed E-state index contributed by atoms with van der Waals surface area (Å²) in [6, 6.07) is 3.92. The van der Waals surface area contributed by atoms with Crippen LogP contribution < -0.4 is 5.73 Å². The molecule has 0 radical (unpaired) electrons. The summed E-state index contributed by atoms with van der Waals surface area (Å²) in [5, 5.41) is 9.61. The normalized spacial score (nSPS) is 13.6. The highest BCUT2D eigenvalue weighted by Gasteiger charge is 2.24. The first-order chi connectivity index (χ1) is 9.73. The van der Waals surface area contributed by atoms with E-state index in [1.165, 1.54) is 4.90 Å². The maximum atomic E-state index is 12.2. The molecule has 1 rings (SSSR count). The van der Waals surface area contributed by atoms with E-state index < -0.39 is 12.0 Å². The molecule has 2 unspecified atom stereocenters. The van der Waals surface area contributed by atoms with Crippen LogP contribution in [-0.2, 0) is 9.59 Å². The monoisotopic (exact) mass is 332 g/mol. The highest BCUT2D eigenvalue weighted by molar-refractivity contribution is 6.35. The fourth-order valence-corrected chi connectivity index (χ4v) is 2.47. The van der Waals surface area contributed by atoms with E-state index in [2.05, 4.69) is 0 Å². The highest BCUT2D eigenvalue weighted by atomic mass is 35.5. The van der Waals surface area contributed by atoms with Gasteiger partial charge in [-0.1, -0.05) is 29.3 Å². The first-order valence-electron chi connectivity index (χ1n) is 6.43. The first-order valence-corrected chi connectivity index (χ1v) is 7.18. The van der Waals surface area contributed by atoms with E-state index in [9.17, 15) is 9.59 Å². The van der Waals surface area contributed by atoms with Crippen LogP contribution in [0.4, 0.5) is 0 Å². The Bertz CT molecular complexity index is 537. The molecule has 2 atom stereocenters. The summed E-state index contributed by atoms with van der Waals surface area (Å²) in [5.74, 6) is -1.30. The molecule has 0 saturated heterocycles. The van der Waals surface area contributed by atoms with Gasteiger partial charge in [0.2, 0.25) is 5.91 Å². The molecular formula is C14H18Cl2N2O3. The summed E-state index contributed by atoms with van der Waals surface area (Å²) >= 11 is 12.0. The molecule has 1 aromatic carbocycles. The lowest BCUT2D eigenvalue weighted by Gasteiger charge is -2.28. The number of nitrogens with zero attached hydrogens (tertiary/aromatic N) is 1. The summed E-state index contributed by atoms with van der Waals surface area (Å²) in [5.41, 5.74) is 6.49. The van der Waals surface area contributed by atoms with Crippen LogP contribution in [-0.4, -0.2) is 35.0 Å². The Hall–Kier alpha value is -1.30. The Balaban J connectivity index is 2.79. The maximum absolute atomic E-state index is 12.2. The van der Waals surface area contributed by atoms with E-state index in [4.69, 9.17) is 34.0 Å². The van der Waals surface area contributed by atoms with Gasteiger partial charge in [-0.25, -0.2) is 0 Å². The van der Waals surface area contributed by atoms with Crippen LogP contribution in [0.1, 0.15) is 31.4 Å². The van der Waals surface area contributed by atoms with Crippen molar-refractivity contribution < 1.29 is 14.7 Å². The average molecular weight is 333 g/mol. The van der Waals surface area contributed by atoms with Crippen LogP contribution in [0.3, 0.4) is 0 Å². The van der Waals surface area contributed by atoms with Crippen LogP contribution in [0.2, 0.25) is 10.0 Å². The number of rotatable bonds is 6. The van der Waals surface area contributed by atoms with Crippen LogP contribution in [0, 0.1) is 0 Å². The van der Waals surface area contributed by atoms with Gasteiger partial charge in [-0.2, -0.15) is 0 Å². The molecule has 1 amide bonds. The lowest BCUT2D eigenvalue weighted by Crippen LogP contribution is -2.43. The summed E-state index contributed by atoms with van der Waals surface area (Å²) in [6.07, 6.45) is -0.0452. The molecule has 0 aliphatic rings. The number of amides is 1. The van der Waals surface area contributed by atoms with Crippen molar-refractivity contribution in [1.82, 2.24) is 4.90 Å². The van der Waals surface area contributed by atoms with Gasteiger partial charge in [-0.3, -0.25) is 9.59 Å². The summed E-state index contributed by atoms with van der Waals surface area (Å²) in [4.78, 5) is 24.2. The Morgan fingerprint density at radius 2 is 2.00 bits per heavy atom. The molecule has 7 heteroatoms. The van der Waals surface area contributed by atoms with E-state index in [1.54, 1.807) is 25.2 Å². The third-order valence-corrected chi connectivity index (χ3v) is 3.89. The van der Waals surface area contributed by atoms with Gasteiger partial charge in [-0.05, 0) is 31.0 Å². The van der Waals surface area contributed by atoms with E-state index in [-0.39, 0.29) is 24.8 Å². The zero-order valence-corrected chi connectivity index (χ0v) is 13.4. The number of carbonyl (C=O) groups is 2. The second-order valence-corrected chi connectivity index (χ2v) is 5.67. The number of nitrogens with two attached hydrogens (primary N) is 1. The van der Waals surface area contributed by atoms with Crippen LogP contribution in [0.15, 0.2) is 18.2 Å². The van der Waals surface area contributed by atoms with Gasteiger partial charge in [0.1, 0.15) is 0 Å². The van der Waals surface area contributed by atoms with Crippen molar-refractivity contribution in [3.05, 3.63) is 33.8 Å². The average Bonchev–Trinajstić information content (AvgIpc) is 2.42. The van der Waals surface area contributed by atoms with Crippen molar-refractivity contribution in [3.63, 3.8) is 0 Å². The molecule has 0 aliphatic carbocycles. The standard InChI is InChI=1S/C14H18Cl2N2O3/c1-8(10-4-3-9(15)7-11(10)16)18(2)14(21)12(17)5-6-13(19)20/h3-4,7-8,12H,5-6,17H2,1-2H3,(H,19,20). The second-order valence-electron chi connectivity index (χ2n) is 4.83. The number of halogens is 2. The van der Waals surface area contributed by atoms with E-state index >= 15 is 0 Å². The molecule has 0 heterocycles. The fraction of sp³-hybridized carbons (Fsp3) is 0.429. The van der Waals surface area contributed by atoms with Gasteiger partial charge >= 0.3 is 5.97 Å². The number of carboxylic acids is 1. The zero-order valence-electron chi connectivity index (χ0n) is 11.8. The number of aliphatic carboxylic acids is 1. The van der Waals surface area contributed by atoms with Gasteiger partial charge in [-0.15, -0.1) is 0 Å². The predicted molar refractivity (Wildman–Crippen MR) is 82.5 cm³/mol. The van der Waals surface area contributed by atoms with Crippen LogP contribution in [0.25, 0.3) is 0 Å². The third-order valence-electron chi connectivity index (χ3n) is 3.33. The van der Waals surface area contributed by atoms with Crippen LogP contribution >= 0.6 is 23.2 Å². The third kappa shape index (κ3) is 4.88. The van der Waals surface area contributed by atoms with Gasteiger partial charge in [0.25, 0.3) is 0 Å². The minimum absolute atomic E-state index is 0.0968. The Morgan fingerprint density at radius 1 is 1.38 bits per heavy atom. The number of benzene rings is 1. The maximum Gasteiger partial charge on any atom is 0.303 e. The molecule has 0 bridgehead atoms. The van der Waals surface area contributed by atoms with Gasteiger partial charge in [0, 0.05) is 23.5 Å². The number of carbonyl (C=O) groups excluding carboxylic acids is 1. The van der Waals surface area contributed by atoms with E-state index in [0.29, 0.717) is 10.0 Å². The Labute approximate surface area is 133 Å². The first kappa shape index (κ1) is 17.8. The Kier molecular flexibility index (Phi) is 6.45. The second kappa shape index (κ2) is 7.64. The number of carboxylic acid groups (broad SMARTS) is 1. The molecule has 0 aliphatic heterocycles. The molecule has 21 heavy (non-hydrogen) atoms. The summed E-state index contributed by atoms with van der Waals surface area (Å²) < 4.78 is 0. The topological polar surface area (TPSA) is 83.6 Å². The fourth-order valence-electron chi connectivity index (χ4n) is 1.90. The van der Waals surface area contributed by atoms with Gasteiger partial charge in [0.05, 0.1) is 12.1 Å². The van der Waals surface area contributed by atoms with Gasteiger partial charge in [0.15, 0.2) is 0 Å². The number of hydrogen-bond acceptors (Lipinski definition) is 3. The molecule has 0 aromatic heterocycles. The minimum atomic E-state index is -0.977. The minimum Gasteiger partial charge on any atom is -0.481 e. The van der Waals surface area contributed by atoms with Crippen molar-refractivity contribution in [2.75, 3.05) is 7.05 Å². The van der Waals surface area contributed by atoms with Crippen molar-refractivity contribution in [3.8, 4) is 0 Å². The molecule has 0 saturated carbocycles. The molecule has 1 aromatic rings. The lowest BCUT2D eigenvalue weighted by atomic mass is 10.1. The van der Waals surface area contributed by atoms with Crippen molar-refractivity contribution in [1.29, 1.82) is 0 Å². The summed E-state index contributed by atoms with van der Waals surface area (Å²) in [6.45, 7) is 1.82. The largest absolute Gasteiger partial charge is 0.481 e. The van der Waals surface area contributed by atoms with Crippen LogP contribution in [0.5, 0.6) is 0 Å². The van der Waals surface area contributed by atoms with E-state index in [0.717, 1.165) is 5.56 Å². The smallest absolute Gasteiger partial charge is 0.303 e. The van der Waals surface area contributed by atoms with Crippen molar-refractivity contribution in [2.45, 2.75) is 31.8 Å². The lowest BCUT2D eigenvalue weighted by molar-refractivity contribution is -0.137. The molecule has 0 spiro atoms. The predicted octanol–water partition coefficient (Wildman–Crippen LogP) is 2.70. The van der Waals surface area contributed by atoms with Crippen molar-refractivity contribution in [2.24, 2.45) is 5.73 Å². The molecule has 5 nitrogen and oxygen atoms in total. The molecular weight excluding hydrogens is 315 g/mol.